The first-order chi connectivity index (χ1) is 47.3. The number of aryl methyl sites for hydroxylation is 4. The lowest BCUT2D eigenvalue weighted by molar-refractivity contribution is 0.00578. The van der Waals surface area contributed by atoms with Crippen LogP contribution >= 0.6 is 51.5 Å². The number of anilines is 1. The van der Waals surface area contributed by atoms with Gasteiger partial charge in [0.05, 0.1) is 66.4 Å². The SMILES string of the molecule is C=C(C)B1OC(C)(C)C(C)(C)O1.CC(C)c1ccc(F)nc1.CCc1cccc(CC)c1-n1nc2c(c1-c1c(F)cc(Cl)c3[nH]ccc13)CN(c1ccc(C(C)C)cn1)CC2.CCc1cccc(CC)c1-n1nc2c(c1-c1c(F)cc(Cl)c3[nH]ccc13)CNCC2.Cl.Fc1ccc(Br)cn1. The van der Waals surface area contributed by atoms with E-state index in [2.05, 4.69) is 157 Å². The summed E-state index contributed by atoms with van der Waals surface area (Å²) in [6, 6.07) is 29.7. The quantitative estimate of drug-likeness (QED) is 0.0620. The van der Waals surface area contributed by atoms with Crippen molar-refractivity contribution >= 4 is 86.3 Å². The van der Waals surface area contributed by atoms with E-state index in [1.807, 2.05) is 74.7 Å². The average molecular weight is 1480 g/mol. The van der Waals surface area contributed by atoms with E-state index >= 15 is 8.78 Å². The number of H-pyrrole nitrogens is 2. The zero-order chi connectivity index (χ0) is 71.2. The third kappa shape index (κ3) is 16.5. The Labute approximate surface area is 609 Å². The molecule has 0 atom stereocenters. The third-order valence-corrected chi connectivity index (χ3v) is 19.9. The minimum atomic E-state index is -0.451. The first kappa shape index (κ1) is 76.6. The molecular formula is C78H88BBrCl3F4N11O2. The van der Waals surface area contributed by atoms with E-state index in [1.165, 1.54) is 58.3 Å². The summed E-state index contributed by atoms with van der Waals surface area (Å²) in [5, 5.41) is 16.0. The molecule has 4 aromatic carbocycles. The van der Waals surface area contributed by atoms with E-state index in [0.717, 1.165) is 140 Å². The number of nitrogens with zero attached hydrogens (tertiary/aromatic N) is 8. The van der Waals surface area contributed by atoms with Crippen molar-refractivity contribution in [2.75, 3.05) is 18.0 Å². The molecule has 0 bridgehead atoms. The summed E-state index contributed by atoms with van der Waals surface area (Å²) >= 11 is 15.9. The van der Waals surface area contributed by atoms with Crippen molar-refractivity contribution in [3.63, 3.8) is 0 Å². The second-order valence-corrected chi connectivity index (χ2v) is 28.3. The predicted octanol–water partition coefficient (Wildman–Crippen LogP) is 20.5. The van der Waals surface area contributed by atoms with Gasteiger partial charge in [0, 0.05) is 108 Å². The summed E-state index contributed by atoms with van der Waals surface area (Å²) in [5.41, 5.74) is 18.0. The minimum Gasteiger partial charge on any atom is -0.400 e. The Morgan fingerprint density at radius 3 is 1.47 bits per heavy atom. The van der Waals surface area contributed by atoms with E-state index < -0.39 is 11.9 Å². The fraction of sp³-hybridized carbons (Fsp3) is 0.346. The smallest absolute Gasteiger partial charge is 0.400 e. The third-order valence-electron chi connectivity index (χ3n) is 18.8. The fourth-order valence-electron chi connectivity index (χ4n) is 12.5. The first-order valence-corrected chi connectivity index (χ1v) is 35.5. The van der Waals surface area contributed by atoms with Gasteiger partial charge in [-0.05, 0) is 170 Å². The number of aromatic nitrogens is 9. The molecule has 0 radical (unpaired) electrons. The summed E-state index contributed by atoms with van der Waals surface area (Å²) in [6.45, 7) is 33.9. The summed E-state index contributed by atoms with van der Waals surface area (Å²) in [7, 11) is -0.241. The highest BCUT2D eigenvalue weighted by Crippen LogP contribution is 2.44. The van der Waals surface area contributed by atoms with Crippen molar-refractivity contribution in [3.05, 3.63) is 234 Å². The number of pyridine rings is 3. The van der Waals surface area contributed by atoms with Crippen molar-refractivity contribution in [1.29, 1.82) is 0 Å². The molecule has 3 aliphatic rings. The maximum atomic E-state index is 16.0. The Hall–Kier alpha value is -7.62. The zero-order valence-electron chi connectivity index (χ0n) is 59.1. The molecule has 3 aliphatic heterocycles. The molecule has 0 saturated carbocycles. The van der Waals surface area contributed by atoms with Crippen LogP contribution in [0.25, 0.3) is 55.7 Å². The standard InChI is InChI=1S/C32H33ClFN5.C24H24ClFN4.C9H17BO2.C8H10FN.C5H3BrFN.ClH/c1-5-20-8-7-9-21(6-2)31(20)39-32(29-23-12-14-35-30(23)25(33)16-26(29)34)24-18-38(15-13-27(24)37-39)28-11-10-22(17-36-28)19(3)4;1-3-14-6-5-7-15(4-2)23(14)30-24(17-13-27-10-9-20(17)29-30)21-16-8-11-28-22(16)18(25)12-19(21)26;1-7(2)10-11-8(3,4)9(5,6)12-10;1-6(2)7-3-4-8(9)10-5-7;6-4-1-2-5(7)8-3-4;/h7-12,14,16-17,19,35H,5-6,13,15,18H2,1-4H3;5-8,11-12,27-28H,3-4,9-10,13H2,1-2H3;1H2,2-6H3;3-6H,1-2H3;1-3H;1H. The molecule has 0 spiro atoms. The minimum absolute atomic E-state index is 0. The summed E-state index contributed by atoms with van der Waals surface area (Å²) in [4.78, 5) is 20.3. The molecule has 11 aromatic rings. The topological polar surface area (TPSA) is 140 Å². The Morgan fingerprint density at radius 2 is 1.07 bits per heavy atom. The highest BCUT2D eigenvalue weighted by molar-refractivity contribution is 9.10. The van der Waals surface area contributed by atoms with Gasteiger partial charge in [-0.1, -0.05) is 133 Å². The monoisotopic (exact) mass is 1480 g/mol. The molecule has 7 aromatic heterocycles. The molecule has 0 amide bonds. The van der Waals surface area contributed by atoms with E-state index in [9.17, 15) is 8.78 Å². The Kier molecular flexibility index (Phi) is 25.3. The van der Waals surface area contributed by atoms with Gasteiger partial charge >= 0.3 is 7.12 Å². The summed E-state index contributed by atoms with van der Waals surface area (Å²) in [5.74, 6) is 0.238. The summed E-state index contributed by atoms with van der Waals surface area (Å²) < 4.78 is 71.9. The van der Waals surface area contributed by atoms with Crippen LogP contribution < -0.4 is 10.2 Å². The van der Waals surface area contributed by atoms with Gasteiger partial charge in [0.2, 0.25) is 11.9 Å². The van der Waals surface area contributed by atoms with Crippen LogP contribution in [-0.4, -0.2) is 75.9 Å². The average Bonchev–Trinajstić information content (AvgIpc) is 1.57. The van der Waals surface area contributed by atoms with Gasteiger partial charge in [0.15, 0.2) is 0 Å². The first-order valence-electron chi connectivity index (χ1n) is 34.0. The zero-order valence-corrected chi connectivity index (χ0v) is 63.0. The predicted molar refractivity (Wildman–Crippen MR) is 406 cm³/mol. The largest absolute Gasteiger partial charge is 0.489 e. The molecule has 22 heteroatoms. The second kappa shape index (κ2) is 33.0. The van der Waals surface area contributed by atoms with Crippen LogP contribution in [-0.2, 0) is 60.9 Å². The molecule has 14 rings (SSSR count). The molecule has 0 aliphatic carbocycles. The number of hydrogen-bond acceptors (Lipinski definition) is 9. The van der Waals surface area contributed by atoms with Crippen LogP contribution in [0.1, 0.15) is 158 Å². The van der Waals surface area contributed by atoms with Crippen molar-refractivity contribution in [2.45, 2.75) is 165 Å². The second-order valence-electron chi connectivity index (χ2n) is 26.6. The molecule has 10 heterocycles. The van der Waals surface area contributed by atoms with Gasteiger partial charge in [0.25, 0.3) is 0 Å². The van der Waals surface area contributed by atoms with Gasteiger partial charge in [-0.3, -0.25) is 0 Å². The molecule has 100 heavy (non-hydrogen) atoms. The molecule has 1 fully saturated rings. The molecule has 1 saturated heterocycles. The van der Waals surface area contributed by atoms with Gasteiger partial charge in [0.1, 0.15) is 17.5 Å². The van der Waals surface area contributed by atoms with Crippen molar-refractivity contribution in [3.8, 4) is 33.9 Å². The lowest BCUT2D eigenvalue weighted by Gasteiger charge is -2.32. The van der Waals surface area contributed by atoms with Crippen molar-refractivity contribution in [1.82, 2.24) is 49.8 Å². The lowest BCUT2D eigenvalue weighted by atomic mass is 9.81. The number of halogens is 8. The number of fused-ring (bicyclic) bond motifs is 4. The van der Waals surface area contributed by atoms with Gasteiger partial charge in [-0.25, -0.2) is 33.1 Å². The fourth-order valence-corrected chi connectivity index (χ4v) is 13.3. The lowest BCUT2D eigenvalue weighted by Crippen LogP contribution is -2.41. The van der Waals surface area contributed by atoms with Crippen LogP contribution in [0.3, 0.4) is 0 Å². The molecule has 526 valence electrons. The number of rotatable bonds is 12. The maximum Gasteiger partial charge on any atom is 0.489 e. The van der Waals surface area contributed by atoms with Crippen LogP contribution in [0.4, 0.5) is 23.4 Å². The van der Waals surface area contributed by atoms with Crippen LogP contribution in [0.2, 0.25) is 10.0 Å². The van der Waals surface area contributed by atoms with Gasteiger partial charge < -0.3 is 29.5 Å². The number of para-hydroxylation sites is 2. The number of allylic oxidation sites excluding steroid dienone is 1. The van der Waals surface area contributed by atoms with E-state index in [1.54, 1.807) is 18.3 Å². The van der Waals surface area contributed by atoms with Crippen LogP contribution in [0, 0.1) is 23.5 Å². The maximum absolute atomic E-state index is 16.0. The Balaban J connectivity index is 0.000000166. The molecule has 3 N–H and O–H groups in total. The number of benzene rings is 4. The normalized spacial score (nSPS) is 14.3. The van der Waals surface area contributed by atoms with Gasteiger partial charge in [-0.2, -0.15) is 19.0 Å². The molecular weight excluding hydrogens is 1400 g/mol. The van der Waals surface area contributed by atoms with E-state index in [4.69, 9.17) is 47.7 Å². The van der Waals surface area contributed by atoms with E-state index in [-0.39, 0.29) is 42.4 Å². The Bertz CT molecular complexity index is 4570. The van der Waals surface area contributed by atoms with Crippen molar-refractivity contribution in [2.24, 2.45) is 0 Å². The van der Waals surface area contributed by atoms with E-state index in [0.29, 0.717) is 46.1 Å². The molecule has 0 unspecified atom stereocenters. The summed E-state index contributed by atoms with van der Waals surface area (Å²) in [6.07, 6.45) is 13.6. The van der Waals surface area contributed by atoms with Crippen LogP contribution in [0.15, 0.2) is 145 Å². The number of aromatic amines is 2. The number of hydrogen-bond donors (Lipinski definition) is 3. The Morgan fingerprint density at radius 1 is 0.620 bits per heavy atom. The highest BCUT2D eigenvalue weighted by Gasteiger charge is 2.51. The van der Waals surface area contributed by atoms with Gasteiger partial charge in [-0.15, -0.1) is 19.0 Å². The van der Waals surface area contributed by atoms with Crippen LogP contribution in [0.5, 0.6) is 0 Å². The number of nitrogens with one attached hydrogen (secondary N) is 3. The highest BCUT2D eigenvalue weighted by atomic mass is 79.9. The molecule has 13 nitrogen and oxygen atoms in total. The van der Waals surface area contributed by atoms with Crippen molar-refractivity contribution < 1.29 is 26.9 Å².